The van der Waals surface area contributed by atoms with Crippen molar-refractivity contribution in [3.05, 3.63) is 64.2 Å². The number of rotatable bonds is 4. The van der Waals surface area contributed by atoms with Crippen molar-refractivity contribution in [3.63, 3.8) is 0 Å². The number of ketones is 1. The lowest BCUT2D eigenvalue weighted by molar-refractivity contribution is -0.137. The Labute approximate surface area is 130 Å². The molecule has 2 aromatic rings. The summed E-state index contributed by atoms with van der Waals surface area (Å²) in [6.45, 7) is 1.55. The largest absolute Gasteiger partial charge is 0.487 e. The summed E-state index contributed by atoms with van der Waals surface area (Å²) >= 11 is 5.80. The number of hydrogen-bond acceptors (Lipinski definition) is 2. The average Bonchev–Trinajstić information content (AvgIpc) is 2.45. The van der Waals surface area contributed by atoms with Crippen molar-refractivity contribution in [3.8, 4) is 5.75 Å². The van der Waals surface area contributed by atoms with Gasteiger partial charge in [-0.25, -0.2) is 0 Å². The van der Waals surface area contributed by atoms with Gasteiger partial charge < -0.3 is 4.74 Å². The topological polar surface area (TPSA) is 26.3 Å². The molecule has 0 saturated heterocycles. The molecule has 0 aliphatic heterocycles. The fourth-order valence-electron chi connectivity index (χ4n) is 1.84. The highest BCUT2D eigenvalue weighted by atomic mass is 35.5. The Morgan fingerprint density at radius 3 is 2.50 bits per heavy atom. The summed E-state index contributed by atoms with van der Waals surface area (Å²) in [5.74, 6) is 0.0808. The highest BCUT2D eigenvalue weighted by Gasteiger charge is 2.31. The monoisotopic (exact) mass is 328 g/mol. The predicted octanol–water partition coefficient (Wildman–Crippen LogP) is 5.14. The molecule has 2 rings (SSSR count). The first kappa shape index (κ1) is 16.4. The van der Waals surface area contributed by atoms with Crippen LogP contribution in [0.25, 0.3) is 0 Å². The van der Waals surface area contributed by atoms with Crippen molar-refractivity contribution < 1.29 is 22.7 Å². The van der Waals surface area contributed by atoms with Crippen LogP contribution in [0.5, 0.6) is 5.75 Å². The zero-order valence-electron chi connectivity index (χ0n) is 11.6. The zero-order valence-corrected chi connectivity index (χ0v) is 12.3. The lowest BCUT2D eigenvalue weighted by atomic mass is 10.1. The molecule has 22 heavy (non-hydrogen) atoms. The molecule has 0 aromatic heterocycles. The van der Waals surface area contributed by atoms with Crippen LogP contribution < -0.4 is 4.74 Å². The van der Waals surface area contributed by atoms with Gasteiger partial charge in [-0.15, -0.1) is 0 Å². The van der Waals surface area contributed by atoms with Crippen molar-refractivity contribution in [1.29, 1.82) is 0 Å². The quantitative estimate of drug-likeness (QED) is 0.726. The summed E-state index contributed by atoms with van der Waals surface area (Å²) in [7, 11) is 0. The second kappa shape index (κ2) is 6.40. The van der Waals surface area contributed by atoms with E-state index in [-0.39, 0.29) is 23.2 Å². The Hall–Kier alpha value is -2.01. The number of Topliss-reactive ketones (excluding diaryl/α,β-unsaturated/α-hetero) is 1. The highest BCUT2D eigenvalue weighted by molar-refractivity contribution is 6.32. The van der Waals surface area contributed by atoms with Crippen LogP contribution in [-0.4, -0.2) is 5.78 Å². The molecular weight excluding hydrogens is 317 g/mol. The van der Waals surface area contributed by atoms with E-state index in [1.807, 2.05) is 0 Å². The SMILES string of the molecule is CC(=O)c1cccc(COc2ccc(C(F)(F)F)cc2Cl)c1. The molecule has 0 amide bonds. The van der Waals surface area contributed by atoms with E-state index in [1.54, 1.807) is 24.3 Å². The van der Waals surface area contributed by atoms with Crippen molar-refractivity contribution in [2.45, 2.75) is 19.7 Å². The Bertz CT molecular complexity index is 696. The normalized spacial score (nSPS) is 11.3. The molecule has 116 valence electrons. The summed E-state index contributed by atoms with van der Waals surface area (Å²) in [5.41, 5.74) is 0.437. The van der Waals surface area contributed by atoms with Crippen molar-refractivity contribution in [2.75, 3.05) is 0 Å². The first-order valence-electron chi connectivity index (χ1n) is 6.37. The third-order valence-electron chi connectivity index (χ3n) is 2.99. The minimum Gasteiger partial charge on any atom is -0.487 e. The van der Waals surface area contributed by atoms with E-state index < -0.39 is 11.7 Å². The van der Waals surface area contributed by atoms with Crippen LogP contribution in [-0.2, 0) is 12.8 Å². The molecule has 0 aliphatic carbocycles. The highest BCUT2D eigenvalue weighted by Crippen LogP contribution is 2.34. The third-order valence-corrected chi connectivity index (χ3v) is 3.28. The standard InChI is InChI=1S/C16H12ClF3O2/c1-10(21)12-4-2-3-11(7-12)9-22-15-6-5-13(8-14(15)17)16(18,19)20/h2-8H,9H2,1H3. The van der Waals surface area contributed by atoms with Crippen LogP contribution in [0.1, 0.15) is 28.4 Å². The first-order valence-corrected chi connectivity index (χ1v) is 6.74. The minimum absolute atomic E-state index is 0.0746. The van der Waals surface area contributed by atoms with Gasteiger partial charge in [-0.2, -0.15) is 13.2 Å². The molecule has 0 bridgehead atoms. The minimum atomic E-state index is -4.45. The second-order valence-electron chi connectivity index (χ2n) is 4.69. The van der Waals surface area contributed by atoms with Crippen LogP contribution in [0.4, 0.5) is 13.2 Å². The van der Waals surface area contributed by atoms with Crippen LogP contribution >= 0.6 is 11.6 Å². The Balaban J connectivity index is 2.12. The molecule has 0 N–H and O–H groups in total. The fraction of sp³-hybridized carbons (Fsp3) is 0.188. The maximum absolute atomic E-state index is 12.5. The van der Waals surface area contributed by atoms with Gasteiger partial charge in [0, 0.05) is 5.56 Å². The summed E-state index contributed by atoms with van der Waals surface area (Å²) in [4.78, 5) is 11.3. The van der Waals surface area contributed by atoms with Gasteiger partial charge >= 0.3 is 6.18 Å². The molecule has 0 atom stereocenters. The summed E-state index contributed by atoms with van der Waals surface area (Å²) in [5, 5.41) is -0.113. The molecule has 2 nitrogen and oxygen atoms in total. The lowest BCUT2D eigenvalue weighted by Gasteiger charge is -2.11. The summed E-state index contributed by atoms with van der Waals surface area (Å²) < 4.78 is 43.0. The van der Waals surface area contributed by atoms with E-state index in [0.29, 0.717) is 5.56 Å². The van der Waals surface area contributed by atoms with E-state index in [9.17, 15) is 18.0 Å². The molecule has 0 saturated carbocycles. The molecule has 6 heteroatoms. The van der Waals surface area contributed by atoms with Gasteiger partial charge in [0.25, 0.3) is 0 Å². The Morgan fingerprint density at radius 1 is 1.18 bits per heavy atom. The van der Waals surface area contributed by atoms with Crippen molar-refractivity contribution in [1.82, 2.24) is 0 Å². The number of halogens is 4. The molecule has 0 spiro atoms. The molecule has 2 aromatic carbocycles. The molecule has 0 fully saturated rings. The fourth-order valence-corrected chi connectivity index (χ4v) is 2.07. The van der Waals surface area contributed by atoms with Gasteiger partial charge in [-0.05, 0) is 36.8 Å². The maximum atomic E-state index is 12.5. The van der Waals surface area contributed by atoms with E-state index in [4.69, 9.17) is 16.3 Å². The number of hydrogen-bond donors (Lipinski definition) is 0. The average molecular weight is 329 g/mol. The lowest BCUT2D eigenvalue weighted by Crippen LogP contribution is -2.05. The second-order valence-corrected chi connectivity index (χ2v) is 5.10. The summed E-state index contributed by atoms with van der Waals surface area (Å²) in [6, 6.07) is 9.72. The van der Waals surface area contributed by atoms with Gasteiger partial charge in [0.15, 0.2) is 5.78 Å². The van der Waals surface area contributed by atoms with Gasteiger partial charge in [0.05, 0.1) is 10.6 Å². The van der Waals surface area contributed by atoms with Crippen molar-refractivity contribution >= 4 is 17.4 Å². The van der Waals surface area contributed by atoms with E-state index >= 15 is 0 Å². The van der Waals surface area contributed by atoms with E-state index in [0.717, 1.165) is 17.7 Å². The van der Waals surface area contributed by atoms with E-state index in [1.165, 1.54) is 13.0 Å². The predicted molar refractivity (Wildman–Crippen MR) is 77.2 cm³/mol. The van der Waals surface area contributed by atoms with Gasteiger partial charge in [-0.1, -0.05) is 29.8 Å². The van der Waals surface area contributed by atoms with E-state index in [2.05, 4.69) is 0 Å². The first-order chi connectivity index (χ1) is 10.3. The number of benzene rings is 2. The number of carbonyl (C=O) groups excluding carboxylic acids is 1. The van der Waals surface area contributed by atoms with Crippen LogP contribution in [0, 0.1) is 0 Å². The van der Waals surface area contributed by atoms with Gasteiger partial charge in [0.1, 0.15) is 12.4 Å². The van der Waals surface area contributed by atoms with Crippen LogP contribution in [0.2, 0.25) is 5.02 Å². The van der Waals surface area contributed by atoms with Gasteiger partial charge in [-0.3, -0.25) is 4.79 Å². The van der Waals surface area contributed by atoms with Crippen LogP contribution in [0.15, 0.2) is 42.5 Å². The number of carbonyl (C=O) groups is 1. The zero-order chi connectivity index (χ0) is 16.3. The van der Waals surface area contributed by atoms with Crippen molar-refractivity contribution in [2.24, 2.45) is 0 Å². The Morgan fingerprint density at radius 2 is 1.91 bits per heavy atom. The third kappa shape index (κ3) is 4.01. The molecule has 0 radical (unpaired) electrons. The number of ether oxygens (including phenoxy) is 1. The molecule has 0 aliphatic rings. The van der Waals surface area contributed by atoms with Gasteiger partial charge in [0.2, 0.25) is 0 Å². The number of alkyl halides is 3. The maximum Gasteiger partial charge on any atom is 0.416 e. The summed E-state index contributed by atoms with van der Waals surface area (Å²) in [6.07, 6.45) is -4.45. The molecular formula is C16H12ClF3O2. The molecule has 0 unspecified atom stereocenters. The van der Waals surface area contributed by atoms with Crippen LogP contribution in [0.3, 0.4) is 0 Å². The smallest absolute Gasteiger partial charge is 0.416 e. The molecule has 0 heterocycles. The Kier molecular flexibility index (Phi) is 4.76.